The number of nitrogens with one attached hydrogen (secondary N) is 1. The van der Waals surface area contributed by atoms with Crippen LogP contribution >= 0.6 is 11.3 Å². The first-order valence-corrected chi connectivity index (χ1v) is 7.21. The number of hydrogen-bond donors (Lipinski definition) is 1. The molecule has 1 N–H and O–H groups in total. The van der Waals surface area contributed by atoms with Crippen molar-refractivity contribution in [2.75, 3.05) is 6.54 Å². The second-order valence-corrected chi connectivity index (χ2v) is 6.40. The van der Waals surface area contributed by atoms with Gasteiger partial charge in [-0.05, 0) is 68.5 Å². The van der Waals surface area contributed by atoms with Gasteiger partial charge in [0.05, 0.1) is 0 Å². The summed E-state index contributed by atoms with van der Waals surface area (Å²) in [6.07, 6.45) is 3.82. The number of hydrogen-bond acceptors (Lipinski definition) is 2. The lowest BCUT2D eigenvalue weighted by atomic mass is 9.95. The lowest BCUT2D eigenvalue weighted by Crippen LogP contribution is -2.39. The van der Waals surface area contributed by atoms with Crippen LogP contribution in [0.2, 0.25) is 0 Å². The maximum atomic E-state index is 3.62. The van der Waals surface area contributed by atoms with Crippen LogP contribution in [0.4, 0.5) is 0 Å². The van der Waals surface area contributed by atoms with Gasteiger partial charge in [-0.3, -0.25) is 0 Å². The summed E-state index contributed by atoms with van der Waals surface area (Å²) in [5, 5.41) is 8.08. The third-order valence-electron chi connectivity index (χ3n) is 2.72. The van der Waals surface area contributed by atoms with Crippen LogP contribution in [0.25, 0.3) is 0 Å². The summed E-state index contributed by atoms with van der Waals surface area (Å²) in [6, 6.07) is 2.25. The average Bonchev–Trinajstić information content (AvgIpc) is 2.66. The van der Waals surface area contributed by atoms with Gasteiger partial charge in [-0.15, -0.1) is 0 Å². The lowest BCUT2D eigenvalue weighted by molar-refractivity contribution is 0.355. The Balaban J connectivity index is 2.41. The zero-order valence-electron chi connectivity index (χ0n) is 11.0. The Labute approximate surface area is 104 Å². The van der Waals surface area contributed by atoms with Gasteiger partial charge in [0.25, 0.3) is 0 Å². The minimum atomic E-state index is 0.237. The van der Waals surface area contributed by atoms with E-state index in [2.05, 4.69) is 49.8 Å². The molecule has 0 aromatic carbocycles. The molecule has 1 nitrogen and oxygen atoms in total. The molecule has 1 atom stereocenters. The van der Waals surface area contributed by atoms with Crippen molar-refractivity contribution in [2.24, 2.45) is 5.92 Å². The zero-order chi connectivity index (χ0) is 12.0. The van der Waals surface area contributed by atoms with Gasteiger partial charge in [0, 0.05) is 5.54 Å². The van der Waals surface area contributed by atoms with Crippen molar-refractivity contribution in [3.63, 3.8) is 0 Å². The van der Waals surface area contributed by atoms with Crippen molar-refractivity contribution in [3.8, 4) is 0 Å². The van der Waals surface area contributed by atoms with Crippen LogP contribution in [0.15, 0.2) is 16.8 Å². The van der Waals surface area contributed by atoms with Crippen molar-refractivity contribution in [2.45, 2.75) is 52.5 Å². The quantitative estimate of drug-likeness (QED) is 0.788. The molecule has 0 radical (unpaired) electrons. The van der Waals surface area contributed by atoms with E-state index in [4.69, 9.17) is 0 Å². The highest BCUT2D eigenvalue weighted by molar-refractivity contribution is 7.07. The van der Waals surface area contributed by atoms with Crippen molar-refractivity contribution in [1.29, 1.82) is 0 Å². The topological polar surface area (TPSA) is 12.0 Å². The first-order valence-electron chi connectivity index (χ1n) is 6.27. The molecule has 1 rings (SSSR count). The zero-order valence-corrected chi connectivity index (χ0v) is 11.9. The van der Waals surface area contributed by atoms with Crippen molar-refractivity contribution >= 4 is 11.3 Å². The minimum absolute atomic E-state index is 0.237. The average molecular weight is 239 g/mol. The van der Waals surface area contributed by atoms with E-state index in [1.165, 1.54) is 24.8 Å². The maximum absolute atomic E-state index is 3.62. The minimum Gasteiger partial charge on any atom is -0.312 e. The molecule has 16 heavy (non-hydrogen) atoms. The van der Waals surface area contributed by atoms with Crippen LogP contribution in [0.5, 0.6) is 0 Å². The molecule has 0 fully saturated rings. The third-order valence-corrected chi connectivity index (χ3v) is 3.45. The van der Waals surface area contributed by atoms with Gasteiger partial charge in [0.2, 0.25) is 0 Å². The smallest absolute Gasteiger partial charge is 0.00966 e. The highest BCUT2D eigenvalue weighted by Crippen LogP contribution is 2.16. The molecule has 92 valence electrons. The fourth-order valence-corrected chi connectivity index (χ4v) is 2.56. The van der Waals surface area contributed by atoms with Crippen molar-refractivity contribution < 1.29 is 0 Å². The van der Waals surface area contributed by atoms with E-state index in [1.54, 1.807) is 11.3 Å². The summed E-state index contributed by atoms with van der Waals surface area (Å²) in [6.45, 7) is 10.1. The van der Waals surface area contributed by atoms with E-state index in [0.717, 1.165) is 12.5 Å². The lowest BCUT2D eigenvalue weighted by Gasteiger charge is -2.25. The molecular formula is C14H25NS. The van der Waals surface area contributed by atoms with Gasteiger partial charge in [0.15, 0.2) is 0 Å². The summed E-state index contributed by atoms with van der Waals surface area (Å²) in [7, 11) is 0. The van der Waals surface area contributed by atoms with Crippen LogP contribution < -0.4 is 5.32 Å². The normalized spacial score (nSPS) is 14.0. The fourth-order valence-electron chi connectivity index (χ4n) is 1.88. The second-order valence-electron chi connectivity index (χ2n) is 5.62. The van der Waals surface area contributed by atoms with Crippen LogP contribution in [0.3, 0.4) is 0 Å². The van der Waals surface area contributed by atoms with Crippen LogP contribution in [0, 0.1) is 5.92 Å². The van der Waals surface area contributed by atoms with E-state index in [-0.39, 0.29) is 5.54 Å². The summed E-state index contributed by atoms with van der Waals surface area (Å²) >= 11 is 1.80. The summed E-state index contributed by atoms with van der Waals surface area (Å²) < 4.78 is 0. The molecule has 1 unspecified atom stereocenters. The van der Waals surface area contributed by atoms with Gasteiger partial charge >= 0.3 is 0 Å². The Bertz CT molecular complexity index is 271. The molecule has 0 spiro atoms. The Morgan fingerprint density at radius 2 is 2.12 bits per heavy atom. The van der Waals surface area contributed by atoms with Crippen LogP contribution in [-0.2, 0) is 6.42 Å². The molecule has 0 amide bonds. The Kier molecular flexibility index (Phi) is 5.50. The van der Waals surface area contributed by atoms with Crippen LogP contribution in [0.1, 0.15) is 46.1 Å². The monoisotopic (exact) mass is 239 g/mol. The molecule has 0 aliphatic rings. The molecule has 0 aliphatic heterocycles. The van der Waals surface area contributed by atoms with E-state index in [0.29, 0.717) is 0 Å². The van der Waals surface area contributed by atoms with Crippen molar-refractivity contribution in [1.82, 2.24) is 5.32 Å². The van der Waals surface area contributed by atoms with Gasteiger partial charge in [-0.1, -0.05) is 13.3 Å². The standard InChI is InChI=1S/C14H25NS/c1-5-6-12(10-15-14(2,3)4)9-13-7-8-16-11-13/h7-8,11-12,15H,5-6,9-10H2,1-4H3. The Hall–Kier alpha value is -0.340. The first kappa shape index (κ1) is 13.7. The Morgan fingerprint density at radius 1 is 1.38 bits per heavy atom. The predicted octanol–water partition coefficient (Wildman–Crippen LogP) is 4.10. The van der Waals surface area contributed by atoms with Gasteiger partial charge in [-0.2, -0.15) is 11.3 Å². The number of thiophene rings is 1. The highest BCUT2D eigenvalue weighted by atomic mass is 32.1. The fraction of sp³-hybridized carbons (Fsp3) is 0.714. The van der Waals surface area contributed by atoms with E-state index in [1.807, 2.05) is 0 Å². The summed E-state index contributed by atoms with van der Waals surface area (Å²) in [5.41, 5.74) is 1.74. The molecule has 0 aliphatic carbocycles. The van der Waals surface area contributed by atoms with E-state index >= 15 is 0 Å². The van der Waals surface area contributed by atoms with Crippen LogP contribution in [-0.4, -0.2) is 12.1 Å². The number of rotatable bonds is 6. The summed E-state index contributed by atoms with van der Waals surface area (Å²) in [5.74, 6) is 0.777. The molecule has 1 aromatic rings. The van der Waals surface area contributed by atoms with E-state index in [9.17, 15) is 0 Å². The molecule has 1 aromatic heterocycles. The Morgan fingerprint density at radius 3 is 2.62 bits per heavy atom. The van der Waals surface area contributed by atoms with Gasteiger partial charge in [-0.25, -0.2) is 0 Å². The first-order chi connectivity index (χ1) is 7.51. The predicted molar refractivity (Wildman–Crippen MR) is 74.2 cm³/mol. The molecule has 0 saturated carbocycles. The second kappa shape index (κ2) is 6.41. The van der Waals surface area contributed by atoms with Gasteiger partial charge in [0.1, 0.15) is 0 Å². The molecule has 0 bridgehead atoms. The molecule has 0 saturated heterocycles. The van der Waals surface area contributed by atoms with Gasteiger partial charge < -0.3 is 5.32 Å². The van der Waals surface area contributed by atoms with Crippen molar-refractivity contribution in [3.05, 3.63) is 22.4 Å². The SMILES string of the molecule is CCCC(CNC(C)(C)C)Cc1ccsc1. The summed E-state index contributed by atoms with van der Waals surface area (Å²) in [4.78, 5) is 0. The largest absolute Gasteiger partial charge is 0.312 e. The third kappa shape index (κ3) is 5.66. The van der Waals surface area contributed by atoms with E-state index < -0.39 is 0 Å². The molecular weight excluding hydrogens is 214 g/mol. The highest BCUT2D eigenvalue weighted by Gasteiger charge is 2.14. The molecule has 2 heteroatoms. The molecule has 1 heterocycles. The maximum Gasteiger partial charge on any atom is 0.00966 e.